The monoisotopic (exact) mass is 320 g/mol. The average Bonchev–Trinajstić information content (AvgIpc) is 2.90. The van der Waals surface area contributed by atoms with E-state index in [0.717, 1.165) is 6.54 Å². The standard InChI is InChI=1S/C17H15F3N2O/c1-2-12-6-7-16(23-17(18,19)20)15(8-12)14-9-21-22(11-14)10-13-4-3-5-13/h1,6-9,11,13H,3-5,10H2. The van der Waals surface area contributed by atoms with E-state index in [1.54, 1.807) is 10.9 Å². The number of aromatic nitrogens is 2. The van der Waals surface area contributed by atoms with Crippen LogP contribution in [0.25, 0.3) is 11.1 Å². The van der Waals surface area contributed by atoms with E-state index < -0.39 is 6.36 Å². The van der Waals surface area contributed by atoms with Crippen LogP contribution in [0.15, 0.2) is 30.6 Å². The number of nitrogens with zero attached hydrogens (tertiary/aromatic N) is 2. The van der Waals surface area contributed by atoms with Crippen molar-refractivity contribution in [1.82, 2.24) is 9.78 Å². The quantitative estimate of drug-likeness (QED) is 0.788. The lowest BCUT2D eigenvalue weighted by Crippen LogP contribution is -2.18. The molecule has 0 spiro atoms. The Bertz CT molecular complexity index is 739. The molecule has 1 aliphatic carbocycles. The molecule has 1 aliphatic rings. The lowest BCUT2D eigenvalue weighted by molar-refractivity contribution is -0.274. The summed E-state index contributed by atoms with van der Waals surface area (Å²) in [6.45, 7) is 0.782. The molecule has 0 radical (unpaired) electrons. The number of ether oxygens (including phenoxy) is 1. The fraction of sp³-hybridized carbons (Fsp3) is 0.353. The van der Waals surface area contributed by atoms with E-state index >= 15 is 0 Å². The van der Waals surface area contributed by atoms with E-state index in [1.807, 2.05) is 0 Å². The Balaban J connectivity index is 1.91. The topological polar surface area (TPSA) is 27.1 Å². The van der Waals surface area contributed by atoms with Gasteiger partial charge >= 0.3 is 6.36 Å². The van der Waals surface area contributed by atoms with Crippen molar-refractivity contribution in [2.24, 2.45) is 5.92 Å². The third-order valence-corrected chi connectivity index (χ3v) is 3.99. The zero-order chi connectivity index (χ0) is 16.4. The third-order valence-electron chi connectivity index (χ3n) is 3.99. The highest BCUT2D eigenvalue weighted by Gasteiger charge is 2.32. The lowest BCUT2D eigenvalue weighted by atomic mass is 9.85. The molecule has 3 rings (SSSR count). The number of rotatable bonds is 4. The predicted molar refractivity (Wildman–Crippen MR) is 79.6 cm³/mol. The van der Waals surface area contributed by atoms with Crippen LogP contribution in [0.4, 0.5) is 13.2 Å². The Labute approximate surface area is 132 Å². The zero-order valence-electron chi connectivity index (χ0n) is 12.3. The molecule has 1 aromatic carbocycles. The normalized spacial score (nSPS) is 15.0. The number of benzene rings is 1. The first-order valence-corrected chi connectivity index (χ1v) is 7.34. The van der Waals surface area contributed by atoms with Gasteiger partial charge in [-0.05, 0) is 37.0 Å². The maximum Gasteiger partial charge on any atom is 0.573 e. The first-order valence-electron chi connectivity index (χ1n) is 7.34. The molecule has 0 unspecified atom stereocenters. The predicted octanol–water partition coefficient (Wildman–Crippen LogP) is 4.23. The van der Waals surface area contributed by atoms with Crippen LogP contribution in [0.2, 0.25) is 0 Å². The van der Waals surface area contributed by atoms with Gasteiger partial charge in [-0.15, -0.1) is 19.6 Å². The summed E-state index contributed by atoms with van der Waals surface area (Å²) in [5.41, 5.74) is 1.33. The van der Waals surface area contributed by atoms with E-state index in [0.29, 0.717) is 17.0 Å². The van der Waals surface area contributed by atoms with Crippen molar-refractivity contribution in [3.8, 4) is 29.2 Å². The minimum Gasteiger partial charge on any atom is -0.405 e. The molecule has 0 atom stereocenters. The van der Waals surface area contributed by atoms with Gasteiger partial charge in [-0.25, -0.2) is 0 Å². The molecule has 0 amide bonds. The summed E-state index contributed by atoms with van der Waals surface area (Å²) in [5.74, 6) is 2.74. The minimum atomic E-state index is -4.76. The highest BCUT2D eigenvalue weighted by Crippen LogP contribution is 2.35. The summed E-state index contributed by atoms with van der Waals surface area (Å²) in [6.07, 6.45) is 7.42. The second-order valence-corrected chi connectivity index (χ2v) is 5.65. The van der Waals surface area contributed by atoms with Gasteiger partial charge in [0, 0.05) is 29.4 Å². The first-order chi connectivity index (χ1) is 10.9. The fourth-order valence-electron chi connectivity index (χ4n) is 2.60. The van der Waals surface area contributed by atoms with Crippen molar-refractivity contribution in [2.45, 2.75) is 32.2 Å². The van der Waals surface area contributed by atoms with Crippen LogP contribution in [0.3, 0.4) is 0 Å². The van der Waals surface area contributed by atoms with Crippen LogP contribution in [0.1, 0.15) is 24.8 Å². The number of halogens is 3. The Morgan fingerprint density at radius 2 is 2.13 bits per heavy atom. The molecule has 1 fully saturated rings. The summed E-state index contributed by atoms with van der Waals surface area (Å²) in [6, 6.07) is 4.16. The molecule has 0 saturated heterocycles. The molecule has 0 aliphatic heterocycles. The molecular formula is C17H15F3N2O. The second kappa shape index (κ2) is 5.99. The molecule has 0 bridgehead atoms. The van der Waals surface area contributed by atoms with Gasteiger partial charge in [-0.1, -0.05) is 12.3 Å². The van der Waals surface area contributed by atoms with Gasteiger partial charge in [-0.3, -0.25) is 4.68 Å². The Hall–Kier alpha value is -2.42. The van der Waals surface area contributed by atoms with E-state index in [2.05, 4.69) is 15.8 Å². The molecule has 0 N–H and O–H groups in total. The highest BCUT2D eigenvalue weighted by molar-refractivity contribution is 5.71. The number of alkyl halides is 3. The van der Waals surface area contributed by atoms with Crippen LogP contribution in [-0.2, 0) is 6.54 Å². The van der Waals surface area contributed by atoms with Gasteiger partial charge in [-0.2, -0.15) is 5.10 Å². The molecule has 120 valence electrons. The van der Waals surface area contributed by atoms with E-state index in [9.17, 15) is 13.2 Å². The van der Waals surface area contributed by atoms with Crippen molar-refractivity contribution in [1.29, 1.82) is 0 Å². The van der Waals surface area contributed by atoms with Crippen LogP contribution in [0.5, 0.6) is 5.75 Å². The van der Waals surface area contributed by atoms with Gasteiger partial charge in [0.2, 0.25) is 0 Å². The van der Waals surface area contributed by atoms with E-state index in [-0.39, 0.29) is 11.3 Å². The largest absolute Gasteiger partial charge is 0.573 e. The Morgan fingerprint density at radius 3 is 2.74 bits per heavy atom. The third kappa shape index (κ3) is 3.67. The molecule has 2 aromatic rings. The summed E-state index contributed by atoms with van der Waals surface area (Å²) < 4.78 is 43.6. The van der Waals surface area contributed by atoms with Crippen molar-refractivity contribution < 1.29 is 17.9 Å². The number of terminal acetylenes is 1. The van der Waals surface area contributed by atoms with Crippen molar-refractivity contribution >= 4 is 0 Å². The molecule has 1 saturated carbocycles. The molecule has 23 heavy (non-hydrogen) atoms. The highest BCUT2D eigenvalue weighted by atomic mass is 19.4. The number of hydrogen-bond acceptors (Lipinski definition) is 2. The molecule has 1 aromatic heterocycles. The SMILES string of the molecule is C#Cc1ccc(OC(F)(F)F)c(-c2cnn(CC3CCC3)c2)c1. The maximum absolute atomic E-state index is 12.6. The van der Waals surface area contributed by atoms with Gasteiger partial charge in [0.05, 0.1) is 6.20 Å². The maximum atomic E-state index is 12.6. The molecule has 3 nitrogen and oxygen atoms in total. The Kier molecular flexibility index (Phi) is 4.03. The summed E-state index contributed by atoms with van der Waals surface area (Å²) in [5, 5.41) is 4.24. The summed E-state index contributed by atoms with van der Waals surface area (Å²) >= 11 is 0. The van der Waals surface area contributed by atoms with Gasteiger partial charge < -0.3 is 4.74 Å². The first kappa shape index (κ1) is 15.5. The van der Waals surface area contributed by atoms with Crippen LogP contribution in [0, 0.1) is 18.3 Å². The average molecular weight is 320 g/mol. The molecule has 1 heterocycles. The molecular weight excluding hydrogens is 305 g/mol. The van der Waals surface area contributed by atoms with E-state index in [1.165, 1.54) is 43.7 Å². The van der Waals surface area contributed by atoms with Crippen LogP contribution >= 0.6 is 0 Å². The van der Waals surface area contributed by atoms with Crippen molar-refractivity contribution in [2.75, 3.05) is 0 Å². The zero-order valence-corrected chi connectivity index (χ0v) is 12.3. The van der Waals surface area contributed by atoms with Crippen molar-refractivity contribution in [3.05, 3.63) is 36.2 Å². The molecule has 6 heteroatoms. The lowest BCUT2D eigenvalue weighted by Gasteiger charge is -2.24. The van der Waals surface area contributed by atoms with Crippen molar-refractivity contribution in [3.63, 3.8) is 0 Å². The number of hydrogen-bond donors (Lipinski definition) is 0. The Morgan fingerprint density at radius 1 is 1.35 bits per heavy atom. The van der Waals surface area contributed by atoms with Crippen LogP contribution in [-0.4, -0.2) is 16.1 Å². The second-order valence-electron chi connectivity index (χ2n) is 5.65. The van der Waals surface area contributed by atoms with Gasteiger partial charge in [0.15, 0.2) is 0 Å². The fourth-order valence-corrected chi connectivity index (χ4v) is 2.60. The van der Waals surface area contributed by atoms with Crippen LogP contribution < -0.4 is 4.74 Å². The van der Waals surface area contributed by atoms with Gasteiger partial charge in [0.25, 0.3) is 0 Å². The minimum absolute atomic E-state index is 0.278. The summed E-state index contributed by atoms with van der Waals surface area (Å²) in [7, 11) is 0. The van der Waals surface area contributed by atoms with E-state index in [4.69, 9.17) is 6.42 Å². The summed E-state index contributed by atoms with van der Waals surface area (Å²) in [4.78, 5) is 0. The van der Waals surface area contributed by atoms with Gasteiger partial charge in [0.1, 0.15) is 5.75 Å². The smallest absolute Gasteiger partial charge is 0.405 e.